The number of hydrogen-bond acceptors (Lipinski definition) is 5. The van der Waals surface area contributed by atoms with Gasteiger partial charge in [-0.3, -0.25) is 0 Å². The number of nitrogens with zero attached hydrogens (tertiary/aromatic N) is 1. The minimum absolute atomic E-state index is 0.0546. The maximum atomic E-state index is 11.8. The summed E-state index contributed by atoms with van der Waals surface area (Å²) in [5.74, 6) is 0.295. The lowest BCUT2D eigenvalue weighted by Gasteiger charge is -2.15. The van der Waals surface area contributed by atoms with E-state index in [-0.39, 0.29) is 33.7 Å². The Morgan fingerprint density at radius 2 is 1.67 bits per heavy atom. The van der Waals surface area contributed by atoms with Crippen LogP contribution in [0.25, 0.3) is 5.57 Å². The van der Waals surface area contributed by atoms with E-state index in [1.165, 1.54) is 7.11 Å². The van der Waals surface area contributed by atoms with Crippen LogP contribution in [0.4, 0.5) is 0 Å². The van der Waals surface area contributed by atoms with Gasteiger partial charge in [0.15, 0.2) is 5.75 Å². The van der Waals surface area contributed by atoms with Crippen LogP contribution in [0.15, 0.2) is 66.4 Å². The molecule has 0 aliphatic rings. The van der Waals surface area contributed by atoms with Crippen molar-refractivity contribution in [3.63, 3.8) is 0 Å². The standard InChI is InChI=1S/C25H19Cl2NO5/c1-15(31-2)23(25(29)30)20-6-4-3-5-17(20)14-32-19-11-21(26)24(22(27)12-19)33-18-9-7-16(13-28)8-10-18/h3-12H,14H2,1-2H3,(H,29,30). The number of hydrogen-bond donors (Lipinski definition) is 1. The van der Waals surface area contributed by atoms with Crippen LogP contribution in [0.5, 0.6) is 17.2 Å². The molecule has 168 valence electrons. The van der Waals surface area contributed by atoms with Crippen molar-refractivity contribution < 1.29 is 24.1 Å². The van der Waals surface area contributed by atoms with E-state index in [0.717, 1.165) is 0 Å². The summed E-state index contributed by atoms with van der Waals surface area (Å²) in [5, 5.41) is 19.0. The van der Waals surface area contributed by atoms with Gasteiger partial charge < -0.3 is 19.3 Å². The van der Waals surface area contributed by atoms with E-state index < -0.39 is 5.97 Å². The quantitative estimate of drug-likeness (QED) is 0.283. The summed E-state index contributed by atoms with van der Waals surface area (Å²) in [6, 6.07) is 18.7. The number of halogens is 2. The first-order valence-electron chi connectivity index (χ1n) is 9.70. The monoisotopic (exact) mass is 483 g/mol. The minimum atomic E-state index is -1.10. The van der Waals surface area contributed by atoms with Gasteiger partial charge in [-0.15, -0.1) is 0 Å². The SMILES string of the molecule is COC(C)=C(C(=O)O)c1ccccc1COc1cc(Cl)c(Oc2ccc(C#N)cc2)c(Cl)c1. The normalized spacial score (nSPS) is 11.2. The molecule has 0 aliphatic heterocycles. The van der Waals surface area contributed by atoms with E-state index in [0.29, 0.717) is 28.2 Å². The lowest BCUT2D eigenvalue weighted by molar-refractivity contribution is -0.130. The van der Waals surface area contributed by atoms with Crippen LogP contribution in [-0.4, -0.2) is 18.2 Å². The van der Waals surface area contributed by atoms with Crippen LogP contribution < -0.4 is 9.47 Å². The molecular weight excluding hydrogens is 465 g/mol. The fraction of sp³-hybridized carbons (Fsp3) is 0.120. The Kier molecular flexibility index (Phi) is 7.83. The molecule has 0 heterocycles. The van der Waals surface area contributed by atoms with Crippen LogP contribution in [0.2, 0.25) is 10.0 Å². The van der Waals surface area contributed by atoms with Gasteiger partial charge in [0.1, 0.15) is 29.4 Å². The first-order chi connectivity index (χ1) is 15.8. The van der Waals surface area contributed by atoms with Crippen molar-refractivity contribution in [3.05, 3.63) is 93.2 Å². The summed E-state index contributed by atoms with van der Waals surface area (Å²) in [5.41, 5.74) is 1.70. The fourth-order valence-electron chi connectivity index (χ4n) is 3.04. The molecule has 0 amide bonds. The predicted octanol–water partition coefficient (Wildman–Crippen LogP) is 6.70. The Hall–Kier alpha value is -3.66. The van der Waals surface area contributed by atoms with Crippen molar-refractivity contribution in [2.45, 2.75) is 13.5 Å². The van der Waals surface area contributed by atoms with Gasteiger partial charge in [0.2, 0.25) is 0 Å². The Morgan fingerprint density at radius 3 is 2.24 bits per heavy atom. The molecule has 3 aromatic rings. The van der Waals surface area contributed by atoms with Crippen LogP contribution in [0.1, 0.15) is 23.6 Å². The van der Waals surface area contributed by atoms with Crippen molar-refractivity contribution >= 4 is 34.7 Å². The molecule has 0 aromatic heterocycles. The van der Waals surface area contributed by atoms with Gasteiger partial charge in [-0.2, -0.15) is 5.26 Å². The third-order valence-corrected chi connectivity index (χ3v) is 5.29. The number of aliphatic carboxylic acids is 1. The highest BCUT2D eigenvalue weighted by atomic mass is 35.5. The van der Waals surface area contributed by atoms with Gasteiger partial charge in [0, 0.05) is 12.1 Å². The maximum Gasteiger partial charge on any atom is 0.339 e. The number of rotatable bonds is 8. The summed E-state index contributed by atoms with van der Waals surface area (Å²) >= 11 is 12.7. The van der Waals surface area contributed by atoms with Crippen molar-refractivity contribution in [1.82, 2.24) is 0 Å². The van der Waals surface area contributed by atoms with Crippen molar-refractivity contribution in [2.24, 2.45) is 0 Å². The number of methoxy groups -OCH3 is 1. The summed E-state index contributed by atoms with van der Waals surface area (Å²) < 4.78 is 16.8. The summed E-state index contributed by atoms with van der Waals surface area (Å²) in [7, 11) is 1.42. The summed E-state index contributed by atoms with van der Waals surface area (Å²) in [4.78, 5) is 11.8. The van der Waals surface area contributed by atoms with E-state index in [1.807, 2.05) is 6.07 Å². The molecule has 0 saturated carbocycles. The maximum absolute atomic E-state index is 11.8. The Labute approximate surface area is 201 Å². The third-order valence-electron chi connectivity index (χ3n) is 4.73. The highest BCUT2D eigenvalue weighted by Gasteiger charge is 2.19. The van der Waals surface area contributed by atoms with Gasteiger partial charge in [0.05, 0.1) is 28.8 Å². The van der Waals surface area contributed by atoms with Gasteiger partial charge >= 0.3 is 5.97 Å². The molecule has 6 nitrogen and oxygen atoms in total. The number of carboxylic acid groups (broad SMARTS) is 1. The first-order valence-corrected chi connectivity index (χ1v) is 10.5. The molecule has 0 unspecified atom stereocenters. The molecule has 0 bridgehead atoms. The van der Waals surface area contributed by atoms with E-state index in [4.69, 9.17) is 42.7 Å². The fourth-order valence-corrected chi connectivity index (χ4v) is 3.59. The number of benzene rings is 3. The van der Waals surface area contributed by atoms with Gasteiger partial charge in [-0.05, 0) is 42.3 Å². The van der Waals surface area contributed by atoms with E-state index >= 15 is 0 Å². The number of nitriles is 1. The van der Waals surface area contributed by atoms with Crippen LogP contribution in [-0.2, 0) is 16.1 Å². The van der Waals surface area contributed by atoms with Crippen LogP contribution in [0.3, 0.4) is 0 Å². The Balaban J connectivity index is 1.82. The van der Waals surface area contributed by atoms with Crippen LogP contribution in [0, 0.1) is 11.3 Å². The summed E-state index contributed by atoms with van der Waals surface area (Å²) in [6.45, 7) is 1.67. The topological polar surface area (TPSA) is 88.8 Å². The number of allylic oxidation sites excluding steroid dienone is 1. The molecule has 0 saturated heterocycles. The molecule has 8 heteroatoms. The molecule has 0 aliphatic carbocycles. The number of ether oxygens (including phenoxy) is 3. The molecule has 3 aromatic carbocycles. The zero-order valence-electron chi connectivity index (χ0n) is 17.8. The number of carbonyl (C=O) groups is 1. The summed E-state index contributed by atoms with van der Waals surface area (Å²) in [6.07, 6.45) is 0. The zero-order chi connectivity index (χ0) is 24.0. The van der Waals surface area contributed by atoms with Crippen molar-refractivity contribution in [1.29, 1.82) is 5.26 Å². The second-order valence-electron chi connectivity index (χ2n) is 6.84. The lowest BCUT2D eigenvalue weighted by atomic mass is 9.99. The Bertz CT molecular complexity index is 1220. The second kappa shape index (κ2) is 10.8. The molecule has 1 N–H and O–H groups in total. The molecule has 0 fully saturated rings. The number of carboxylic acids is 1. The smallest absolute Gasteiger partial charge is 0.339 e. The van der Waals surface area contributed by atoms with Crippen molar-refractivity contribution in [3.8, 4) is 23.3 Å². The first kappa shape index (κ1) is 24.0. The molecule has 0 radical (unpaired) electrons. The molecule has 33 heavy (non-hydrogen) atoms. The van der Waals surface area contributed by atoms with E-state index in [9.17, 15) is 9.90 Å². The van der Waals surface area contributed by atoms with E-state index in [2.05, 4.69) is 0 Å². The van der Waals surface area contributed by atoms with Gasteiger partial charge in [-0.25, -0.2) is 4.79 Å². The van der Waals surface area contributed by atoms with E-state index in [1.54, 1.807) is 67.6 Å². The average Bonchev–Trinajstić information content (AvgIpc) is 2.81. The molecule has 0 spiro atoms. The Morgan fingerprint density at radius 1 is 1.03 bits per heavy atom. The molecular formula is C25H19Cl2NO5. The molecule has 3 rings (SSSR count). The minimum Gasteiger partial charge on any atom is -0.500 e. The highest BCUT2D eigenvalue weighted by Crippen LogP contribution is 2.40. The van der Waals surface area contributed by atoms with Gasteiger partial charge in [-0.1, -0.05) is 47.5 Å². The van der Waals surface area contributed by atoms with Crippen LogP contribution >= 0.6 is 23.2 Å². The zero-order valence-corrected chi connectivity index (χ0v) is 19.3. The van der Waals surface area contributed by atoms with Gasteiger partial charge in [0.25, 0.3) is 0 Å². The molecule has 0 atom stereocenters. The third kappa shape index (κ3) is 5.78. The largest absolute Gasteiger partial charge is 0.500 e. The second-order valence-corrected chi connectivity index (χ2v) is 7.65. The van der Waals surface area contributed by atoms with Crippen molar-refractivity contribution in [2.75, 3.05) is 7.11 Å². The lowest BCUT2D eigenvalue weighted by Crippen LogP contribution is -2.08. The predicted molar refractivity (Wildman–Crippen MR) is 126 cm³/mol. The highest BCUT2D eigenvalue weighted by molar-refractivity contribution is 6.37. The average molecular weight is 484 g/mol.